The second-order valence-electron chi connectivity index (χ2n) is 2.57. The van der Waals surface area contributed by atoms with Gasteiger partial charge in [0.25, 0.3) is 0 Å². The minimum absolute atomic E-state index is 0.0416. The van der Waals surface area contributed by atoms with Crippen molar-refractivity contribution in [1.29, 1.82) is 5.26 Å². The van der Waals surface area contributed by atoms with Gasteiger partial charge in [-0.3, -0.25) is 0 Å². The van der Waals surface area contributed by atoms with Gasteiger partial charge in [0.2, 0.25) is 0 Å². The molecule has 0 atom stereocenters. The van der Waals surface area contributed by atoms with Crippen molar-refractivity contribution in [3.8, 4) is 6.07 Å². The molecule has 0 aliphatic carbocycles. The number of aliphatic hydroxyl groups is 1. The Bertz CT molecular complexity index is 423. The van der Waals surface area contributed by atoms with E-state index in [1.54, 1.807) is 0 Å². The molecule has 0 heterocycles. The molecule has 0 aliphatic heterocycles. The van der Waals surface area contributed by atoms with Gasteiger partial charge in [-0.1, -0.05) is 0 Å². The molecule has 0 aromatic heterocycles. The lowest BCUT2D eigenvalue weighted by atomic mass is 10.1. The largest absolute Gasteiger partial charge is 0.478 e. The maximum Gasteiger partial charge on any atom is 0.335 e. The number of nitriles is 1. The normalized spacial score (nSPS) is 9.50. The highest BCUT2D eigenvalue weighted by Crippen LogP contribution is 2.22. The SMILES string of the molecule is N#Cc1c(Br)cc(C(=O)O)cc1CO. The zero-order valence-corrected chi connectivity index (χ0v) is 8.58. The van der Waals surface area contributed by atoms with E-state index in [4.69, 9.17) is 15.5 Å². The standard InChI is InChI=1S/C9H6BrNO3/c10-8-2-5(9(13)14)1-6(4-12)7(8)3-11/h1-2,12H,4H2,(H,13,14). The first-order valence-corrected chi connectivity index (χ1v) is 4.46. The number of halogens is 1. The van der Waals surface area contributed by atoms with Gasteiger partial charge >= 0.3 is 5.97 Å². The summed E-state index contributed by atoms with van der Waals surface area (Å²) in [5.74, 6) is -1.09. The highest BCUT2D eigenvalue weighted by atomic mass is 79.9. The molecule has 2 N–H and O–H groups in total. The van der Waals surface area contributed by atoms with E-state index >= 15 is 0 Å². The number of carboxylic acid groups (broad SMARTS) is 1. The molecule has 14 heavy (non-hydrogen) atoms. The van der Waals surface area contributed by atoms with E-state index in [1.807, 2.05) is 6.07 Å². The van der Waals surface area contributed by atoms with Crippen LogP contribution in [0, 0.1) is 11.3 Å². The number of carboxylic acids is 1. The van der Waals surface area contributed by atoms with Crippen LogP contribution in [-0.2, 0) is 6.61 Å². The third-order valence-electron chi connectivity index (χ3n) is 1.70. The van der Waals surface area contributed by atoms with Crippen molar-refractivity contribution >= 4 is 21.9 Å². The van der Waals surface area contributed by atoms with E-state index in [-0.39, 0.29) is 17.7 Å². The zero-order valence-electron chi connectivity index (χ0n) is 6.99. The Morgan fingerprint density at radius 2 is 2.21 bits per heavy atom. The van der Waals surface area contributed by atoms with Crippen molar-refractivity contribution in [2.45, 2.75) is 6.61 Å². The number of rotatable bonds is 2. The zero-order chi connectivity index (χ0) is 10.7. The number of carbonyl (C=O) groups is 1. The summed E-state index contributed by atoms with van der Waals surface area (Å²) in [6, 6.07) is 4.50. The van der Waals surface area contributed by atoms with Crippen LogP contribution in [0.1, 0.15) is 21.5 Å². The minimum Gasteiger partial charge on any atom is -0.478 e. The van der Waals surface area contributed by atoms with Crippen LogP contribution in [0.25, 0.3) is 0 Å². The van der Waals surface area contributed by atoms with Crippen molar-refractivity contribution in [1.82, 2.24) is 0 Å². The third-order valence-corrected chi connectivity index (χ3v) is 2.33. The van der Waals surface area contributed by atoms with Crippen LogP contribution < -0.4 is 0 Å². The molecular weight excluding hydrogens is 250 g/mol. The van der Waals surface area contributed by atoms with Gasteiger partial charge in [-0.2, -0.15) is 5.26 Å². The van der Waals surface area contributed by atoms with E-state index in [9.17, 15) is 4.79 Å². The molecule has 0 spiro atoms. The van der Waals surface area contributed by atoms with Crippen molar-refractivity contribution in [3.05, 3.63) is 33.3 Å². The Morgan fingerprint density at radius 1 is 1.57 bits per heavy atom. The molecule has 0 unspecified atom stereocenters. The molecule has 0 aliphatic rings. The summed E-state index contributed by atoms with van der Waals surface area (Å²) in [6.07, 6.45) is 0. The number of aromatic carboxylic acids is 1. The second kappa shape index (κ2) is 4.22. The predicted molar refractivity (Wildman–Crippen MR) is 51.7 cm³/mol. The van der Waals surface area contributed by atoms with Crippen molar-refractivity contribution in [2.75, 3.05) is 0 Å². The topological polar surface area (TPSA) is 81.3 Å². The number of hydrogen-bond donors (Lipinski definition) is 2. The number of hydrogen-bond acceptors (Lipinski definition) is 3. The molecule has 5 heteroatoms. The lowest BCUT2D eigenvalue weighted by molar-refractivity contribution is 0.0696. The molecule has 0 saturated heterocycles. The van der Waals surface area contributed by atoms with Crippen LogP contribution in [0.5, 0.6) is 0 Å². The molecule has 0 saturated carbocycles. The van der Waals surface area contributed by atoms with E-state index in [1.165, 1.54) is 12.1 Å². The molecule has 1 rings (SSSR count). The fourth-order valence-corrected chi connectivity index (χ4v) is 1.63. The average Bonchev–Trinajstić information content (AvgIpc) is 2.16. The van der Waals surface area contributed by atoms with Gasteiger partial charge in [-0.15, -0.1) is 0 Å². The Hall–Kier alpha value is -1.38. The van der Waals surface area contributed by atoms with Gasteiger partial charge in [0, 0.05) is 4.47 Å². The van der Waals surface area contributed by atoms with Crippen molar-refractivity contribution in [2.24, 2.45) is 0 Å². The molecule has 72 valence electrons. The highest BCUT2D eigenvalue weighted by molar-refractivity contribution is 9.10. The highest BCUT2D eigenvalue weighted by Gasteiger charge is 2.11. The van der Waals surface area contributed by atoms with Crippen LogP contribution >= 0.6 is 15.9 Å². The van der Waals surface area contributed by atoms with E-state index < -0.39 is 5.97 Å². The lowest BCUT2D eigenvalue weighted by Gasteiger charge is -2.04. The van der Waals surface area contributed by atoms with Crippen LogP contribution in [0.2, 0.25) is 0 Å². The van der Waals surface area contributed by atoms with Crippen LogP contribution in [0.15, 0.2) is 16.6 Å². The third kappa shape index (κ3) is 1.92. The lowest BCUT2D eigenvalue weighted by Crippen LogP contribution is -2.00. The monoisotopic (exact) mass is 255 g/mol. The smallest absolute Gasteiger partial charge is 0.335 e. The quantitative estimate of drug-likeness (QED) is 0.840. The molecule has 0 bridgehead atoms. The molecule has 0 amide bonds. The Kier molecular flexibility index (Phi) is 3.23. The Labute approximate surface area is 88.5 Å². The van der Waals surface area contributed by atoms with Crippen LogP contribution in [0.3, 0.4) is 0 Å². The first-order valence-electron chi connectivity index (χ1n) is 3.66. The van der Waals surface area contributed by atoms with E-state index in [0.717, 1.165) is 0 Å². The average molecular weight is 256 g/mol. The number of nitrogens with zero attached hydrogens (tertiary/aromatic N) is 1. The first-order chi connectivity index (χ1) is 6.60. The summed E-state index contributed by atoms with van der Waals surface area (Å²) < 4.78 is 0.379. The second-order valence-corrected chi connectivity index (χ2v) is 3.42. The van der Waals surface area contributed by atoms with Crippen molar-refractivity contribution < 1.29 is 15.0 Å². The van der Waals surface area contributed by atoms with Gasteiger partial charge in [0.05, 0.1) is 17.7 Å². The number of aliphatic hydroxyl groups excluding tert-OH is 1. The maximum absolute atomic E-state index is 10.6. The molecule has 4 nitrogen and oxygen atoms in total. The Balaban J connectivity index is 3.40. The van der Waals surface area contributed by atoms with E-state index in [2.05, 4.69) is 15.9 Å². The van der Waals surface area contributed by atoms with Gasteiger partial charge < -0.3 is 10.2 Å². The van der Waals surface area contributed by atoms with Crippen LogP contribution in [0.4, 0.5) is 0 Å². The first kappa shape index (κ1) is 10.7. The summed E-state index contributed by atoms with van der Waals surface area (Å²) >= 11 is 3.07. The summed E-state index contributed by atoms with van der Waals surface area (Å²) in [5, 5.41) is 26.3. The van der Waals surface area contributed by atoms with Gasteiger partial charge in [0.1, 0.15) is 6.07 Å². The summed E-state index contributed by atoms with van der Waals surface area (Å²) in [7, 11) is 0. The summed E-state index contributed by atoms with van der Waals surface area (Å²) in [5.41, 5.74) is 0.608. The van der Waals surface area contributed by atoms with Crippen molar-refractivity contribution in [3.63, 3.8) is 0 Å². The molecule has 0 radical (unpaired) electrons. The molecule has 1 aromatic carbocycles. The summed E-state index contributed by atoms with van der Waals surface area (Å²) in [6.45, 7) is -0.359. The fourth-order valence-electron chi connectivity index (χ4n) is 1.04. The fraction of sp³-hybridized carbons (Fsp3) is 0.111. The molecule has 0 fully saturated rings. The predicted octanol–water partition coefficient (Wildman–Crippen LogP) is 1.51. The number of benzene rings is 1. The maximum atomic E-state index is 10.6. The summed E-state index contributed by atoms with van der Waals surface area (Å²) in [4.78, 5) is 10.6. The van der Waals surface area contributed by atoms with Gasteiger partial charge in [-0.05, 0) is 33.6 Å². The van der Waals surface area contributed by atoms with Crippen LogP contribution in [-0.4, -0.2) is 16.2 Å². The Morgan fingerprint density at radius 3 is 2.64 bits per heavy atom. The van der Waals surface area contributed by atoms with Gasteiger partial charge in [0.15, 0.2) is 0 Å². The molecular formula is C9H6BrNO3. The minimum atomic E-state index is -1.09. The molecule has 1 aromatic rings. The van der Waals surface area contributed by atoms with E-state index in [0.29, 0.717) is 10.0 Å². The van der Waals surface area contributed by atoms with Gasteiger partial charge in [-0.25, -0.2) is 4.79 Å².